The van der Waals surface area contributed by atoms with Crippen LogP contribution in [0.2, 0.25) is 5.02 Å². The van der Waals surface area contributed by atoms with Gasteiger partial charge in [-0.25, -0.2) is 8.42 Å². The minimum absolute atomic E-state index is 0.0326. The van der Waals surface area contributed by atoms with E-state index in [0.29, 0.717) is 17.1 Å². The first-order valence-electron chi connectivity index (χ1n) is 5.94. The van der Waals surface area contributed by atoms with E-state index in [1.807, 2.05) is 6.07 Å². The SMILES string of the molecule is O=C(CNc1ccccc1Cl)N[C@@H]1CCS(=O)(=O)C1. The molecule has 2 N–H and O–H groups in total. The first kappa shape index (κ1) is 14.1. The highest BCUT2D eigenvalue weighted by Crippen LogP contribution is 2.19. The van der Waals surface area contributed by atoms with Gasteiger partial charge in [-0.2, -0.15) is 0 Å². The summed E-state index contributed by atoms with van der Waals surface area (Å²) in [4.78, 5) is 11.7. The summed E-state index contributed by atoms with van der Waals surface area (Å²) in [5.74, 6) is -0.0530. The molecule has 1 heterocycles. The van der Waals surface area contributed by atoms with Crippen LogP contribution in [0.1, 0.15) is 6.42 Å². The maximum Gasteiger partial charge on any atom is 0.239 e. The van der Waals surface area contributed by atoms with Crippen molar-refractivity contribution in [1.82, 2.24) is 5.32 Å². The molecular weight excluding hydrogens is 288 g/mol. The highest BCUT2D eigenvalue weighted by Gasteiger charge is 2.28. The lowest BCUT2D eigenvalue weighted by atomic mass is 10.2. The minimum Gasteiger partial charge on any atom is -0.375 e. The van der Waals surface area contributed by atoms with E-state index >= 15 is 0 Å². The van der Waals surface area contributed by atoms with Gasteiger partial charge in [0.05, 0.1) is 28.8 Å². The maximum atomic E-state index is 11.7. The predicted molar refractivity (Wildman–Crippen MR) is 75.1 cm³/mol. The number of benzene rings is 1. The molecule has 0 radical (unpaired) electrons. The number of hydrogen-bond acceptors (Lipinski definition) is 4. The first-order chi connectivity index (χ1) is 8.96. The van der Waals surface area contributed by atoms with Crippen LogP contribution in [0.3, 0.4) is 0 Å². The molecule has 1 aromatic carbocycles. The minimum atomic E-state index is -2.97. The van der Waals surface area contributed by atoms with Crippen molar-refractivity contribution in [1.29, 1.82) is 0 Å². The van der Waals surface area contributed by atoms with Crippen LogP contribution in [-0.4, -0.2) is 38.4 Å². The third-order valence-corrected chi connectivity index (χ3v) is 5.01. The number of amides is 1. The van der Waals surface area contributed by atoms with Gasteiger partial charge in [-0.3, -0.25) is 4.79 Å². The Morgan fingerprint density at radius 3 is 2.74 bits per heavy atom. The zero-order chi connectivity index (χ0) is 13.9. The highest BCUT2D eigenvalue weighted by atomic mass is 35.5. The van der Waals surface area contributed by atoms with Crippen LogP contribution in [0.4, 0.5) is 5.69 Å². The third kappa shape index (κ3) is 4.11. The number of halogens is 1. The Labute approximate surface area is 117 Å². The van der Waals surface area contributed by atoms with Crippen LogP contribution >= 0.6 is 11.6 Å². The van der Waals surface area contributed by atoms with Gasteiger partial charge in [0.1, 0.15) is 0 Å². The predicted octanol–water partition coefficient (Wildman–Crippen LogP) is 1.06. The molecule has 0 unspecified atom stereocenters. The van der Waals surface area contributed by atoms with Crippen LogP contribution in [0.15, 0.2) is 24.3 Å². The van der Waals surface area contributed by atoms with E-state index in [1.54, 1.807) is 18.2 Å². The molecule has 1 aliphatic heterocycles. The highest BCUT2D eigenvalue weighted by molar-refractivity contribution is 7.91. The lowest BCUT2D eigenvalue weighted by Crippen LogP contribution is -2.39. The molecule has 1 amide bonds. The summed E-state index contributed by atoms with van der Waals surface area (Å²) in [6.07, 6.45) is 0.486. The summed E-state index contributed by atoms with van der Waals surface area (Å²) in [5, 5.41) is 6.15. The van der Waals surface area contributed by atoms with E-state index in [2.05, 4.69) is 10.6 Å². The van der Waals surface area contributed by atoms with Gasteiger partial charge in [-0.05, 0) is 18.6 Å². The molecule has 19 heavy (non-hydrogen) atoms. The first-order valence-corrected chi connectivity index (χ1v) is 8.14. The van der Waals surface area contributed by atoms with Crippen molar-refractivity contribution in [3.8, 4) is 0 Å². The van der Waals surface area contributed by atoms with Crippen LogP contribution in [0.5, 0.6) is 0 Å². The van der Waals surface area contributed by atoms with Gasteiger partial charge in [0.15, 0.2) is 9.84 Å². The van der Waals surface area contributed by atoms with Gasteiger partial charge in [-0.1, -0.05) is 23.7 Å². The summed E-state index contributed by atoms with van der Waals surface area (Å²) in [5.41, 5.74) is 0.679. The van der Waals surface area contributed by atoms with Crippen molar-refractivity contribution < 1.29 is 13.2 Å². The molecule has 0 aromatic heterocycles. The fraction of sp³-hybridized carbons (Fsp3) is 0.417. The number of carbonyl (C=O) groups excluding carboxylic acids is 1. The van der Waals surface area contributed by atoms with Gasteiger partial charge >= 0.3 is 0 Å². The van der Waals surface area contributed by atoms with Gasteiger partial charge in [0, 0.05) is 6.04 Å². The van der Waals surface area contributed by atoms with E-state index in [0.717, 1.165) is 0 Å². The largest absolute Gasteiger partial charge is 0.375 e. The molecule has 104 valence electrons. The van der Waals surface area contributed by atoms with E-state index in [-0.39, 0.29) is 30.0 Å². The Bertz CT molecular complexity index is 574. The Hall–Kier alpha value is -1.27. The van der Waals surface area contributed by atoms with Crippen molar-refractivity contribution >= 4 is 33.0 Å². The number of anilines is 1. The number of para-hydroxylation sites is 1. The van der Waals surface area contributed by atoms with Crippen molar-refractivity contribution in [2.75, 3.05) is 23.4 Å². The standard InChI is InChI=1S/C12H15ClN2O3S/c13-10-3-1-2-4-11(10)14-7-12(16)15-9-5-6-19(17,18)8-9/h1-4,9,14H,5-8H2,(H,15,16)/t9-/m1/s1. The summed E-state index contributed by atoms with van der Waals surface area (Å²) in [6.45, 7) is 0.0697. The van der Waals surface area contributed by atoms with Gasteiger partial charge < -0.3 is 10.6 Å². The Morgan fingerprint density at radius 1 is 1.37 bits per heavy atom. The molecule has 5 nitrogen and oxygen atoms in total. The lowest BCUT2D eigenvalue weighted by molar-refractivity contribution is -0.119. The second-order valence-corrected chi connectivity index (χ2v) is 7.14. The average molecular weight is 303 g/mol. The molecule has 0 aliphatic carbocycles. The summed E-state index contributed by atoms with van der Waals surface area (Å²) < 4.78 is 22.5. The molecule has 1 atom stereocenters. The molecule has 1 fully saturated rings. The molecular formula is C12H15ClN2O3S. The molecule has 2 rings (SSSR count). The van der Waals surface area contributed by atoms with E-state index in [9.17, 15) is 13.2 Å². The van der Waals surface area contributed by atoms with E-state index in [1.165, 1.54) is 0 Å². The number of nitrogens with one attached hydrogen (secondary N) is 2. The number of hydrogen-bond donors (Lipinski definition) is 2. The summed E-state index contributed by atoms with van der Waals surface area (Å²) >= 11 is 5.94. The van der Waals surface area contributed by atoms with E-state index in [4.69, 9.17) is 11.6 Å². The van der Waals surface area contributed by atoms with Crippen molar-refractivity contribution in [3.63, 3.8) is 0 Å². The molecule has 0 spiro atoms. The topological polar surface area (TPSA) is 75.3 Å². The average Bonchev–Trinajstić information content (AvgIpc) is 2.67. The van der Waals surface area contributed by atoms with Gasteiger partial charge in [-0.15, -0.1) is 0 Å². The zero-order valence-electron chi connectivity index (χ0n) is 10.2. The van der Waals surface area contributed by atoms with Crippen molar-refractivity contribution in [3.05, 3.63) is 29.3 Å². The Morgan fingerprint density at radius 2 is 2.11 bits per heavy atom. The van der Waals surface area contributed by atoms with Gasteiger partial charge in [0.2, 0.25) is 5.91 Å². The zero-order valence-corrected chi connectivity index (χ0v) is 11.8. The molecule has 1 aromatic rings. The van der Waals surface area contributed by atoms with Crippen LogP contribution in [0, 0.1) is 0 Å². The molecule has 7 heteroatoms. The lowest BCUT2D eigenvalue weighted by Gasteiger charge is -2.12. The van der Waals surface area contributed by atoms with Crippen molar-refractivity contribution in [2.24, 2.45) is 0 Å². The quantitative estimate of drug-likeness (QED) is 0.872. The second-order valence-electron chi connectivity index (χ2n) is 4.50. The van der Waals surface area contributed by atoms with Crippen LogP contribution in [0.25, 0.3) is 0 Å². The fourth-order valence-electron chi connectivity index (χ4n) is 1.97. The number of rotatable bonds is 4. The number of sulfone groups is 1. The Kier molecular flexibility index (Phi) is 4.31. The summed E-state index contributed by atoms with van der Waals surface area (Å²) in [7, 11) is -2.97. The second kappa shape index (κ2) is 5.79. The maximum absolute atomic E-state index is 11.7. The Balaban J connectivity index is 1.81. The van der Waals surface area contributed by atoms with Crippen molar-refractivity contribution in [2.45, 2.75) is 12.5 Å². The summed E-state index contributed by atoms with van der Waals surface area (Å²) in [6, 6.07) is 6.85. The van der Waals surface area contributed by atoms with E-state index < -0.39 is 9.84 Å². The molecule has 0 saturated carbocycles. The van der Waals surface area contributed by atoms with Crippen LogP contribution in [-0.2, 0) is 14.6 Å². The normalized spacial score (nSPS) is 21.0. The third-order valence-electron chi connectivity index (χ3n) is 2.91. The molecule has 1 aliphatic rings. The smallest absolute Gasteiger partial charge is 0.239 e. The molecule has 0 bridgehead atoms. The van der Waals surface area contributed by atoms with Gasteiger partial charge in [0.25, 0.3) is 0 Å². The number of carbonyl (C=O) groups is 1. The molecule has 1 saturated heterocycles. The van der Waals surface area contributed by atoms with Crippen LogP contribution < -0.4 is 10.6 Å². The fourth-order valence-corrected chi connectivity index (χ4v) is 3.84. The monoisotopic (exact) mass is 302 g/mol.